The zero-order valence-electron chi connectivity index (χ0n) is 40.8. The SMILES string of the molecule is CC(=O)c1c(C)c(O)c2cc(C(=O)O)cc(OC3OC4C(O)CCC5OC4(CC4C6=C5CC=C6C5(CCO)COCC6CC7(CCC8(CCCC89CCC8(CCCC8)C9)C7)CC4C65)C(O)C3O)c2c1O. The highest BCUT2D eigenvalue weighted by molar-refractivity contribution is 6.11. The Kier molecular flexibility index (Phi) is 10.4. The number of aliphatic hydroxyl groups excluding tert-OH is 4. The summed E-state index contributed by atoms with van der Waals surface area (Å²) >= 11 is 0. The highest BCUT2D eigenvalue weighted by atomic mass is 16.7. The molecule has 3 saturated heterocycles. The smallest absolute Gasteiger partial charge is 0.335 e. The van der Waals surface area contributed by atoms with Gasteiger partial charge in [-0.1, -0.05) is 25.3 Å². The van der Waals surface area contributed by atoms with Crippen LogP contribution in [-0.2, 0) is 14.2 Å². The van der Waals surface area contributed by atoms with Crippen molar-refractivity contribution in [2.24, 2.45) is 50.7 Å². The number of rotatable bonds is 6. The molecule has 9 fully saturated rings. The van der Waals surface area contributed by atoms with Crippen LogP contribution in [0.5, 0.6) is 17.2 Å². The largest absolute Gasteiger partial charge is 0.507 e. The second kappa shape index (κ2) is 15.7. The number of carboxylic acid groups (broad SMARTS) is 1. The average Bonchev–Trinajstić information content (AvgIpc) is 4.17. The van der Waals surface area contributed by atoms with Crippen molar-refractivity contribution >= 4 is 22.5 Å². The van der Waals surface area contributed by atoms with Crippen LogP contribution in [0.15, 0.2) is 34.9 Å². The van der Waals surface area contributed by atoms with Gasteiger partial charge in [-0.2, -0.15) is 0 Å². The first kappa shape index (κ1) is 46.2. The number of carbonyl (C=O) groups excluding carboxylic acids is 1. The number of carboxylic acids is 1. The molecule has 2 bridgehead atoms. The molecule has 7 aliphatic carbocycles. The van der Waals surface area contributed by atoms with Gasteiger partial charge in [0.2, 0.25) is 6.29 Å². The van der Waals surface area contributed by atoms with Gasteiger partial charge in [0.25, 0.3) is 0 Å². The maximum Gasteiger partial charge on any atom is 0.335 e. The first-order valence-corrected chi connectivity index (χ1v) is 27.0. The van der Waals surface area contributed by atoms with Crippen molar-refractivity contribution < 1.29 is 64.3 Å². The second-order valence-electron chi connectivity index (χ2n) is 25.2. The normalized spacial score (nSPS) is 44.2. The summed E-state index contributed by atoms with van der Waals surface area (Å²) in [6, 6.07) is 2.31. The van der Waals surface area contributed by atoms with Gasteiger partial charge in [0.15, 0.2) is 5.78 Å². The summed E-state index contributed by atoms with van der Waals surface area (Å²) in [4.78, 5) is 25.3. The summed E-state index contributed by atoms with van der Waals surface area (Å²) in [5.74, 6) is -2.55. The molecule has 13 heteroatoms. The first-order valence-electron chi connectivity index (χ1n) is 27.0. The molecule has 4 heterocycles. The minimum Gasteiger partial charge on any atom is -0.507 e. The number of Topliss-reactive ketones (excluding diaryl/α,β-unsaturated/α-hetero) is 1. The van der Waals surface area contributed by atoms with E-state index in [1.54, 1.807) is 0 Å². The summed E-state index contributed by atoms with van der Waals surface area (Å²) in [6.45, 7) is 3.99. The summed E-state index contributed by atoms with van der Waals surface area (Å²) in [6.07, 6.45) is 16.5. The Labute approximate surface area is 409 Å². The monoisotopic (exact) mass is 964 g/mol. The number of aromatic hydroxyl groups is 2. The fourth-order valence-corrected chi connectivity index (χ4v) is 19.8. The van der Waals surface area contributed by atoms with Gasteiger partial charge >= 0.3 is 5.97 Å². The number of hydrogen-bond donors (Lipinski definition) is 7. The lowest BCUT2D eigenvalue weighted by atomic mass is 9.42. The van der Waals surface area contributed by atoms with Crippen LogP contribution in [-0.4, -0.2) is 110 Å². The Morgan fingerprint density at radius 3 is 2.34 bits per heavy atom. The highest BCUT2D eigenvalue weighted by Gasteiger charge is 2.72. The third-order valence-electron chi connectivity index (χ3n) is 22.2. The molecule has 2 aromatic carbocycles. The standard InChI is InChI=1S/C57H72O13/c1-29-41(30(2)59)46(62)43-34(45(29)61)20-31(50(65)66)21-40(43)68-51-47(63)48(64)57-24-35-36-23-53(15-17-55(27-53)13-5-12-54(55)16-14-52(26-54)10-3-4-11-52)22-32-25-67-28-56(18-19-58,44(32)36)37-7-6-33(42(35)37)39(70-57)9-8-38(60)49(57)69-51/h7,20-21,32,35-36,38-39,44,47-49,51,58,60-64H,3-6,8-19,22-28H2,1-2H3,(H,65,66). The molecule has 15 unspecified atom stereocenters. The number of fused-ring (bicyclic) bond motifs is 6. The Balaban J connectivity index is 0.889. The molecule has 70 heavy (non-hydrogen) atoms. The third-order valence-corrected chi connectivity index (χ3v) is 22.2. The summed E-state index contributed by atoms with van der Waals surface area (Å²) in [5, 5.41) is 81.4. The quantitative estimate of drug-likeness (QED) is 0.107. The molecule has 2 aromatic rings. The van der Waals surface area contributed by atoms with Crippen LogP contribution in [0.3, 0.4) is 0 Å². The van der Waals surface area contributed by atoms with E-state index in [4.69, 9.17) is 18.9 Å². The summed E-state index contributed by atoms with van der Waals surface area (Å²) in [7, 11) is 0. The lowest BCUT2D eigenvalue weighted by Gasteiger charge is -2.64. The molecule has 0 amide bonds. The molecule has 15 atom stereocenters. The number of ether oxygens (including phenoxy) is 4. The number of allylic oxidation sites excluding steroid dienone is 2. The van der Waals surface area contributed by atoms with Gasteiger partial charge in [0, 0.05) is 29.6 Å². The minimum atomic E-state index is -1.78. The average molecular weight is 965 g/mol. The first-order chi connectivity index (χ1) is 33.5. The molecule has 6 saturated carbocycles. The van der Waals surface area contributed by atoms with E-state index in [-0.39, 0.29) is 81.2 Å². The number of aromatic carboxylic acids is 1. The molecule has 5 spiro atoms. The molecule has 13 nitrogen and oxygen atoms in total. The van der Waals surface area contributed by atoms with Crippen LogP contribution in [0, 0.1) is 57.7 Å². The molecule has 4 aliphatic heterocycles. The Bertz CT molecular complexity index is 2630. The zero-order chi connectivity index (χ0) is 48.5. The van der Waals surface area contributed by atoms with Crippen LogP contribution in [0.4, 0.5) is 0 Å². The molecule has 11 aliphatic rings. The van der Waals surface area contributed by atoms with E-state index in [2.05, 4.69) is 6.08 Å². The van der Waals surface area contributed by atoms with E-state index in [1.807, 2.05) is 0 Å². The zero-order valence-corrected chi connectivity index (χ0v) is 40.8. The summed E-state index contributed by atoms with van der Waals surface area (Å²) < 4.78 is 27.2. The maximum absolute atomic E-state index is 12.9. The molecule has 378 valence electrons. The van der Waals surface area contributed by atoms with Crippen molar-refractivity contribution in [3.63, 3.8) is 0 Å². The van der Waals surface area contributed by atoms with Crippen molar-refractivity contribution in [3.8, 4) is 17.2 Å². The van der Waals surface area contributed by atoms with Crippen LogP contribution >= 0.6 is 0 Å². The highest BCUT2D eigenvalue weighted by Crippen LogP contribution is 2.78. The number of carbonyl (C=O) groups is 2. The minimum absolute atomic E-state index is 0.0540. The number of phenols is 2. The number of benzene rings is 2. The van der Waals surface area contributed by atoms with Crippen molar-refractivity contribution in [1.29, 1.82) is 0 Å². The molecular weight excluding hydrogens is 893 g/mol. The molecule has 0 aromatic heterocycles. The third kappa shape index (κ3) is 6.14. The number of hydrogen-bond acceptors (Lipinski definition) is 12. The van der Waals surface area contributed by atoms with Crippen molar-refractivity contribution in [3.05, 3.63) is 51.6 Å². The molecular formula is C57H72O13. The Hall–Kier alpha value is -3.56. The van der Waals surface area contributed by atoms with Crippen molar-refractivity contribution in [2.45, 2.75) is 185 Å². The number of ketones is 1. The van der Waals surface area contributed by atoms with Crippen LogP contribution < -0.4 is 4.74 Å². The molecule has 0 radical (unpaired) electrons. The van der Waals surface area contributed by atoms with Gasteiger partial charge in [-0.05, 0) is 197 Å². The summed E-state index contributed by atoms with van der Waals surface area (Å²) in [5.41, 5.74) is 2.83. The fraction of sp³-hybridized carbons (Fsp3) is 0.719. The van der Waals surface area contributed by atoms with Crippen molar-refractivity contribution in [1.82, 2.24) is 0 Å². The lowest BCUT2D eigenvalue weighted by molar-refractivity contribution is -0.336. The number of phenolic OH excluding ortho intramolecular Hbond substituents is 2. The lowest BCUT2D eigenvalue weighted by Crippen LogP contribution is -2.71. The Morgan fingerprint density at radius 1 is 0.871 bits per heavy atom. The van der Waals surface area contributed by atoms with Crippen LogP contribution in [0.1, 0.15) is 162 Å². The van der Waals surface area contributed by atoms with Gasteiger partial charge in [-0.3, -0.25) is 4.79 Å². The van der Waals surface area contributed by atoms with E-state index < -0.39 is 65.7 Å². The van der Waals surface area contributed by atoms with Crippen LogP contribution in [0.25, 0.3) is 10.8 Å². The topological polar surface area (TPSA) is 213 Å². The maximum atomic E-state index is 12.9. The van der Waals surface area contributed by atoms with Gasteiger partial charge in [0.05, 0.1) is 35.3 Å². The van der Waals surface area contributed by atoms with E-state index >= 15 is 0 Å². The fourth-order valence-electron chi connectivity index (χ4n) is 19.8. The number of aliphatic hydroxyl groups is 4. The van der Waals surface area contributed by atoms with Gasteiger partial charge in [-0.25, -0.2) is 4.79 Å². The second-order valence-corrected chi connectivity index (χ2v) is 25.2. The molecule has 13 rings (SSSR count). The van der Waals surface area contributed by atoms with E-state index in [9.17, 15) is 45.3 Å². The molecule has 7 N–H and O–H groups in total. The van der Waals surface area contributed by atoms with E-state index in [0.29, 0.717) is 54.6 Å². The predicted molar refractivity (Wildman–Crippen MR) is 255 cm³/mol. The van der Waals surface area contributed by atoms with Gasteiger partial charge < -0.3 is 54.7 Å². The van der Waals surface area contributed by atoms with Crippen LogP contribution in [0.2, 0.25) is 0 Å². The van der Waals surface area contributed by atoms with E-state index in [1.165, 1.54) is 115 Å². The predicted octanol–water partition coefficient (Wildman–Crippen LogP) is 8.34. The Morgan fingerprint density at radius 2 is 1.61 bits per heavy atom. The van der Waals surface area contributed by atoms with E-state index in [0.717, 1.165) is 24.5 Å². The van der Waals surface area contributed by atoms with Crippen molar-refractivity contribution in [2.75, 3.05) is 19.8 Å². The van der Waals surface area contributed by atoms with Gasteiger partial charge in [-0.15, -0.1) is 0 Å². The van der Waals surface area contributed by atoms with Gasteiger partial charge in [0.1, 0.15) is 41.2 Å².